The van der Waals surface area contributed by atoms with E-state index < -0.39 is 0 Å². The van der Waals surface area contributed by atoms with Gasteiger partial charge >= 0.3 is 0 Å². The first-order valence-electron chi connectivity index (χ1n) is 7.81. The Morgan fingerprint density at radius 3 is 2.71 bits per heavy atom. The van der Waals surface area contributed by atoms with Crippen LogP contribution in [0.25, 0.3) is 0 Å². The van der Waals surface area contributed by atoms with Gasteiger partial charge in [-0.05, 0) is 40.6 Å². The molecule has 3 aromatic rings. The van der Waals surface area contributed by atoms with Crippen LogP contribution in [-0.4, -0.2) is 17.6 Å². The summed E-state index contributed by atoms with van der Waals surface area (Å²) < 4.78 is 7.40. The number of hydrogen-bond acceptors (Lipinski definition) is 3. The molecular weight excluding hydrogens is 320 g/mol. The summed E-state index contributed by atoms with van der Waals surface area (Å²) in [5.41, 5.74) is 2.13. The maximum atomic E-state index is 12.5. The van der Waals surface area contributed by atoms with Crippen LogP contribution in [0.5, 0.6) is 5.75 Å². The highest BCUT2D eigenvalue weighted by molar-refractivity contribution is 7.08. The first kappa shape index (κ1) is 16.3. The molecule has 0 saturated heterocycles. The van der Waals surface area contributed by atoms with Gasteiger partial charge in [0.2, 0.25) is 5.91 Å². The number of hydrogen-bond donors (Lipinski definition) is 1. The Bertz CT molecular complexity index is 732. The van der Waals surface area contributed by atoms with Crippen molar-refractivity contribution in [1.29, 1.82) is 0 Å². The number of nitrogens with one attached hydrogen (secondary N) is 1. The Labute approximate surface area is 145 Å². The third-order valence-electron chi connectivity index (χ3n) is 3.96. The van der Waals surface area contributed by atoms with Crippen molar-refractivity contribution in [1.82, 2.24) is 9.88 Å². The summed E-state index contributed by atoms with van der Waals surface area (Å²) >= 11 is 1.65. The summed E-state index contributed by atoms with van der Waals surface area (Å²) in [6, 6.07) is 13.8. The van der Waals surface area contributed by atoms with E-state index in [-0.39, 0.29) is 11.9 Å². The minimum absolute atomic E-state index is 0.0175. The van der Waals surface area contributed by atoms with E-state index in [1.165, 1.54) is 0 Å². The van der Waals surface area contributed by atoms with E-state index in [1.807, 2.05) is 54.2 Å². The number of rotatable bonds is 7. The molecule has 2 aromatic heterocycles. The minimum atomic E-state index is 0.0175. The number of thiophene rings is 1. The van der Waals surface area contributed by atoms with Crippen molar-refractivity contribution in [3.63, 3.8) is 0 Å². The minimum Gasteiger partial charge on any atom is -0.496 e. The number of para-hydroxylation sites is 1. The van der Waals surface area contributed by atoms with Crippen LogP contribution in [0, 0.1) is 0 Å². The molecule has 2 heterocycles. The molecule has 1 aromatic carbocycles. The average Bonchev–Trinajstić information content (AvgIpc) is 3.31. The number of methoxy groups -OCH3 is 1. The third kappa shape index (κ3) is 3.86. The van der Waals surface area contributed by atoms with Gasteiger partial charge in [0.15, 0.2) is 0 Å². The van der Waals surface area contributed by atoms with Crippen molar-refractivity contribution in [2.24, 2.45) is 0 Å². The van der Waals surface area contributed by atoms with Crippen molar-refractivity contribution >= 4 is 17.2 Å². The van der Waals surface area contributed by atoms with Crippen LogP contribution in [0.4, 0.5) is 0 Å². The molecule has 1 amide bonds. The summed E-state index contributed by atoms with van der Waals surface area (Å²) in [6.07, 6.45) is 4.40. The SMILES string of the molecule is COc1ccccc1CNC(=O)C[C@H](c1ccsc1)n1cccc1. The number of carbonyl (C=O) groups is 1. The zero-order valence-corrected chi connectivity index (χ0v) is 14.3. The van der Waals surface area contributed by atoms with Gasteiger partial charge in [-0.2, -0.15) is 11.3 Å². The van der Waals surface area contributed by atoms with Crippen molar-refractivity contribution in [3.8, 4) is 5.75 Å². The number of aromatic nitrogens is 1. The Kier molecular flexibility index (Phi) is 5.33. The molecule has 0 aliphatic rings. The second-order valence-electron chi connectivity index (χ2n) is 5.50. The van der Waals surface area contributed by atoms with Crippen molar-refractivity contribution in [3.05, 3.63) is 76.7 Å². The molecular formula is C19H20N2O2S. The molecule has 0 saturated carbocycles. The van der Waals surface area contributed by atoms with E-state index in [0.29, 0.717) is 13.0 Å². The molecule has 24 heavy (non-hydrogen) atoms. The summed E-state index contributed by atoms with van der Waals surface area (Å²) in [7, 11) is 1.64. The van der Waals surface area contributed by atoms with Crippen LogP contribution in [0.2, 0.25) is 0 Å². The topological polar surface area (TPSA) is 43.3 Å². The monoisotopic (exact) mass is 340 g/mol. The molecule has 0 aliphatic heterocycles. The molecule has 4 nitrogen and oxygen atoms in total. The van der Waals surface area contributed by atoms with E-state index >= 15 is 0 Å². The highest BCUT2D eigenvalue weighted by Crippen LogP contribution is 2.24. The number of benzene rings is 1. The second kappa shape index (κ2) is 7.84. The Balaban J connectivity index is 1.66. The van der Waals surface area contributed by atoms with Gasteiger partial charge in [-0.15, -0.1) is 0 Å². The van der Waals surface area contributed by atoms with Crippen molar-refractivity contribution < 1.29 is 9.53 Å². The smallest absolute Gasteiger partial charge is 0.222 e. The van der Waals surface area contributed by atoms with E-state index in [1.54, 1.807) is 18.4 Å². The summed E-state index contributed by atoms with van der Waals surface area (Å²) in [4.78, 5) is 12.5. The molecule has 0 radical (unpaired) electrons. The molecule has 3 rings (SSSR count). The second-order valence-corrected chi connectivity index (χ2v) is 6.28. The van der Waals surface area contributed by atoms with Crippen LogP contribution in [0.3, 0.4) is 0 Å². The molecule has 0 bridgehead atoms. The van der Waals surface area contributed by atoms with Gasteiger partial charge in [0.1, 0.15) is 5.75 Å². The van der Waals surface area contributed by atoms with Gasteiger partial charge < -0.3 is 14.6 Å². The van der Waals surface area contributed by atoms with Crippen LogP contribution in [0.15, 0.2) is 65.6 Å². The van der Waals surface area contributed by atoms with Gasteiger partial charge in [0.05, 0.1) is 19.6 Å². The lowest BCUT2D eigenvalue weighted by atomic mass is 10.1. The lowest BCUT2D eigenvalue weighted by Gasteiger charge is -2.18. The normalized spacial score (nSPS) is 11.9. The fourth-order valence-electron chi connectivity index (χ4n) is 2.71. The van der Waals surface area contributed by atoms with E-state index in [9.17, 15) is 4.79 Å². The molecule has 5 heteroatoms. The first-order valence-corrected chi connectivity index (χ1v) is 8.75. The predicted octanol–water partition coefficient (Wildman–Crippen LogP) is 3.85. The molecule has 0 spiro atoms. The maximum Gasteiger partial charge on any atom is 0.222 e. The van der Waals surface area contributed by atoms with E-state index in [2.05, 4.69) is 21.3 Å². The zero-order chi connectivity index (χ0) is 16.8. The Morgan fingerprint density at radius 2 is 2.00 bits per heavy atom. The average molecular weight is 340 g/mol. The fourth-order valence-corrected chi connectivity index (χ4v) is 3.41. The summed E-state index contributed by atoms with van der Waals surface area (Å²) in [5, 5.41) is 7.13. The number of carbonyl (C=O) groups excluding carboxylic acids is 1. The molecule has 0 unspecified atom stereocenters. The van der Waals surface area contributed by atoms with Gasteiger partial charge in [-0.25, -0.2) is 0 Å². The summed E-state index contributed by atoms with van der Waals surface area (Å²) in [6.45, 7) is 0.463. The van der Waals surface area contributed by atoms with Gasteiger partial charge in [0, 0.05) is 24.5 Å². The van der Waals surface area contributed by atoms with Crippen LogP contribution >= 0.6 is 11.3 Å². The fraction of sp³-hybridized carbons (Fsp3) is 0.211. The quantitative estimate of drug-likeness (QED) is 0.710. The highest BCUT2D eigenvalue weighted by Gasteiger charge is 2.17. The van der Waals surface area contributed by atoms with Gasteiger partial charge in [-0.3, -0.25) is 4.79 Å². The largest absolute Gasteiger partial charge is 0.496 e. The predicted molar refractivity (Wildman–Crippen MR) is 96.3 cm³/mol. The van der Waals surface area contributed by atoms with E-state index in [4.69, 9.17) is 4.74 Å². The lowest BCUT2D eigenvalue weighted by Crippen LogP contribution is -2.26. The number of nitrogens with zero attached hydrogens (tertiary/aromatic N) is 1. The number of ether oxygens (including phenoxy) is 1. The van der Waals surface area contributed by atoms with Crippen molar-refractivity contribution in [2.45, 2.75) is 19.0 Å². The van der Waals surface area contributed by atoms with E-state index in [0.717, 1.165) is 16.9 Å². The van der Waals surface area contributed by atoms with Gasteiger partial charge in [0.25, 0.3) is 0 Å². The first-order chi connectivity index (χ1) is 11.8. The van der Waals surface area contributed by atoms with Crippen LogP contribution in [0.1, 0.15) is 23.6 Å². The standard InChI is InChI=1S/C19H20N2O2S/c1-23-18-7-3-2-6-15(18)13-20-19(22)12-17(16-8-11-24-14-16)21-9-4-5-10-21/h2-11,14,17H,12-13H2,1H3,(H,20,22)/t17-/m1/s1. The number of amides is 1. The Hall–Kier alpha value is -2.53. The lowest BCUT2D eigenvalue weighted by molar-refractivity contribution is -0.121. The highest BCUT2D eigenvalue weighted by atomic mass is 32.1. The zero-order valence-electron chi connectivity index (χ0n) is 13.5. The molecule has 124 valence electrons. The van der Waals surface area contributed by atoms with Crippen LogP contribution in [-0.2, 0) is 11.3 Å². The molecule has 0 fully saturated rings. The maximum absolute atomic E-state index is 12.5. The summed E-state index contributed by atoms with van der Waals surface area (Å²) in [5.74, 6) is 0.809. The Morgan fingerprint density at radius 1 is 1.21 bits per heavy atom. The molecule has 1 atom stereocenters. The van der Waals surface area contributed by atoms with Crippen LogP contribution < -0.4 is 10.1 Å². The third-order valence-corrected chi connectivity index (χ3v) is 4.66. The molecule has 0 aliphatic carbocycles. The molecule has 1 N–H and O–H groups in total. The van der Waals surface area contributed by atoms with Gasteiger partial charge in [-0.1, -0.05) is 18.2 Å². The van der Waals surface area contributed by atoms with Crippen molar-refractivity contribution in [2.75, 3.05) is 7.11 Å².